The molecule has 0 radical (unpaired) electrons. The molecule has 3 aromatic rings. The Morgan fingerprint density at radius 1 is 1.10 bits per heavy atom. The molecular weight excluding hydrogens is 413 g/mol. The van der Waals surface area contributed by atoms with Crippen molar-refractivity contribution in [3.05, 3.63) is 59.9 Å². The highest BCUT2D eigenvalue weighted by atomic mass is 32.2. The van der Waals surface area contributed by atoms with E-state index in [0.29, 0.717) is 17.5 Å². The van der Waals surface area contributed by atoms with Crippen LogP contribution in [0.1, 0.15) is 49.0 Å². The minimum absolute atomic E-state index is 0.0535. The summed E-state index contributed by atoms with van der Waals surface area (Å²) in [5.41, 5.74) is 1.48. The van der Waals surface area contributed by atoms with E-state index in [9.17, 15) is 9.18 Å². The zero-order valence-electron chi connectivity index (χ0n) is 17.8. The molecule has 1 heterocycles. The monoisotopic (exact) mass is 439 g/mol. The van der Waals surface area contributed by atoms with Gasteiger partial charge in [-0.1, -0.05) is 31.5 Å². The number of benzene rings is 2. The van der Waals surface area contributed by atoms with Crippen LogP contribution in [0.4, 0.5) is 4.39 Å². The molecule has 1 aliphatic carbocycles. The molecule has 0 spiro atoms. The van der Waals surface area contributed by atoms with Crippen molar-refractivity contribution >= 4 is 17.5 Å². The minimum Gasteiger partial charge on any atom is -0.497 e. The van der Waals surface area contributed by atoms with Crippen LogP contribution in [-0.2, 0) is 0 Å². The van der Waals surface area contributed by atoms with Crippen LogP contribution in [0.2, 0.25) is 0 Å². The topological polar surface area (TPSA) is 57.0 Å². The van der Waals surface area contributed by atoms with Crippen molar-refractivity contribution in [2.45, 2.75) is 43.8 Å². The SMILES string of the molecule is COc1ccc(-c2nnc(SCC(=O)c3ccc(F)cc3)n2[C@@H]2CCCC[C@H]2C)cc1. The molecule has 0 amide bonds. The molecule has 4 rings (SSSR count). The van der Waals surface area contributed by atoms with Crippen LogP contribution in [0.25, 0.3) is 11.4 Å². The zero-order valence-corrected chi connectivity index (χ0v) is 18.6. The lowest BCUT2D eigenvalue weighted by Gasteiger charge is -2.31. The first-order valence-corrected chi connectivity index (χ1v) is 11.6. The fourth-order valence-electron chi connectivity index (χ4n) is 4.14. The standard InChI is InChI=1S/C24H26FN3O2S/c1-16-5-3-4-6-21(16)28-23(18-9-13-20(30-2)14-10-18)26-27-24(28)31-15-22(29)17-7-11-19(25)12-8-17/h7-14,16,21H,3-6,15H2,1-2H3/t16-,21-/m1/s1. The first-order valence-electron chi connectivity index (χ1n) is 10.6. The van der Waals surface area contributed by atoms with E-state index in [0.717, 1.165) is 28.7 Å². The Kier molecular flexibility index (Phi) is 6.70. The summed E-state index contributed by atoms with van der Waals surface area (Å²) in [6.45, 7) is 2.28. The number of hydrogen-bond acceptors (Lipinski definition) is 5. The number of nitrogens with zero attached hydrogens (tertiary/aromatic N) is 3. The summed E-state index contributed by atoms with van der Waals surface area (Å²) >= 11 is 1.39. The molecule has 1 aliphatic rings. The van der Waals surface area contributed by atoms with E-state index in [2.05, 4.69) is 21.7 Å². The molecule has 7 heteroatoms. The number of ketones is 1. The highest BCUT2D eigenvalue weighted by Crippen LogP contribution is 2.39. The van der Waals surface area contributed by atoms with Crippen LogP contribution in [-0.4, -0.2) is 33.4 Å². The van der Waals surface area contributed by atoms with Gasteiger partial charge in [0.2, 0.25) is 0 Å². The second-order valence-corrected chi connectivity index (χ2v) is 8.90. The number of Topliss-reactive ketones (excluding diaryl/α,β-unsaturated/α-hetero) is 1. The molecule has 2 atom stereocenters. The lowest BCUT2D eigenvalue weighted by Crippen LogP contribution is -2.22. The molecule has 5 nitrogen and oxygen atoms in total. The van der Waals surface area contributed by atoms with E-state index < -0.39 is 0 Å². The molecule has 31 heavy (non-hydrogen) atoms. The zero-order chi connectivity index (χ0) is 21.8. The van der Waals surface area contributed by atoms with E-state index in [-0.39, 0.29) is 17.4 Å². The summed E-state index contributed by atoms with van der Waals surface area (Å²) in [6.07, 6.45) is 4.66. The van der Waals surface area contributed by atoms with Gasteiger partial charge in [-0.25, -0.2) is 4.39 Å². The minimum atomic E-state index is -0.348. The molecule has 1 aromatic heterocycles. The Balaban J connectivity index is 1.62. The smallest absolute Gasteiger partial charge is 0.192 e. The predicted octanol–water partition coefficient (Wildman–Crippen LogP) is 5.82. The summed E-state index contributed by atoms with van der Waals surface area (Å²) in [7, 11) is 1.65. The van der Waals surface area contributed by atoms with Crippen LogP contribution < -0.4 is 4.74 Å². The number of thioether (sulfide) groups is 1. The summed E-state index contributed by atoms with van der Waals surface area (Å²) in [6, 6.07) is 13.8. The van der Waals surface area contributed by atoms with Gasteiger partial charge in [-0.2, -0.15) is 0 Å². The number of aromatic nitrogens is 3. The number of ether oxygens (including phenoxy) is 1. The van der Waals surface area contributed by atoms with Gasteiger partial charge in [0.25, 0.3) is 0 Å². The van der Waals surface area contributed by atoms with Gasteiger partial charge in [-0.05, 0) is 67.3 Å². The largest absolute Gasteiger partial charge is 0.497 e. The number of carbonyl (C=O) groups excluding carboxylic acids is 1. The van der Waals surface area contributed by atoms with Crippen molar-refractivity contribution in [1.29, 1.82) is 0 Å². The van der Waals surface area contributed by atoms with Gasteiger partial charge < -0.3 is 4.74 Å². The van der Waals surface area contributed by atoms with Gasteiger partial charge in [-0.3, -0.25) is 9.36 Å². The average molecular weight is 440 g/mol. The molecule has 0 unspecified atom stereocenters. The summed E-state index contributed by atoms with van der Waals surface area (Å²) in [5.74, 6) is 1.95. The molecule has 0 bridgehead atoms. The maximum atomic E-state index is 13.2. The summed E-state index contributed by atoms with van der Waals surface area (Å²) in [5, 5.41) is 9.71. The first kappa shape index (κ1) is 21.6. The molecule has 2 aromatic carbocycles. The molecule has 0 aliphatic heterocycles. The van der Waals surface area contributed by atoms with Crippen LogP contribution >= 0.6 is 11.8 Å². The van der Waals surface area contributed by atoms with E-state index >= 15 is 0 Å². The van der Waals surface area contributed by atoms with Gasteiger partial charge >= 0.3 is 0 Å². The lowest BCUT2D eigenvalue weighted by atomic mass is 9.85. The second kappa shape index (κ2) is 9.64. The third kappa shape index (κ3) is 4.82. The number of methoxy groups -OCH3 is 1. The van der Waals surface area contributed by atoms with Crippen LogP contribution in [0.3, 0.4) is 0 Å². The quantitative estimate of drug-likeness (QED) is 0.343. The van der Waals surface area contributed by atoms with E-state index in [4.69, 9.17) is 4.74 Å². The predicted molar refractivity (Wildman–Crippen MR) is 120 cm³/mol. The third-order valence-corrected chi connectivity index (χ3v) is 6.85. The molecule has 162 valence electrons. The number of rotatable bonds is 7. The van der Waals surface area contributed by atoms with Gasteiger partial charge in [0.15, 0.2) is 16.8 Å². The van der Waals surface area contributed by atoms with Crippen molar-refractivity contribution in [3.8, 4) is 17.1 Å². The Hall–Kier alpha value is -2.67. The molecular formula is C24H26FN3O2S. The molecule has 0 saturated heterocycles. The average Bonchev–Trinajstić information content (AvgIpc) is 3.22. The maximum Gasteiger partial charge on any atom is 0.192 e. The Morgan fingerprint density at radius 3 is 2.48 bits per heavy atom. The van der Waals surface area contributed by atoms with Crippen molar-refractivity contribution in [1.82, 2.24) is 14.8 Å². The Labute approximate surface area is 186 Å². The highest BCUT2D eigenvalue weighted by Gasteiger charge is 2.29. The number of halogens is 1. The van der Waals surface area contributed by atoms with Crippen LogP contribution in [0.15, 0.2) is 53.7 Å². The Bertz CT molecular complexity index is 1030. The van der Waals surface area contributed by atoms with Crippen molar-refractivity contribution in [2.24, 2.45) is 5.92 Å². The fourth-order valence-corrected chi connectivity index (χ4v) is 5.03. The van der Waals surface area contributed by atoms with E-state index in [1.165, 1.54) is 55.3 Å². The van der Waals surface area contributed by atoms with Crippen molar-refractivity contribution in [3.63, 3.8) is 0 Å². The van der Waals surface area contributed by atoms with E-state index in [1.54, 1.807) is 7.11 Å². The highest BCUT2D eigenvalue weighted by molar-refractivity contribution is 7.99. The van der Waals surface area contributed by atoms with Gasteiger partial charge in [0, 0.05) is 17.2 Å². The molecule has 0 N–H and O–H groups in total. The first-order chi connectivity index (χ1) is 15.1. The second-order valence-electron chi connectivity index (χ2n) is 7.95. The number of hydrogen-bond donors (Lipinski definition) is 0. The normalized spacial score (nSPS) is 18.7. The molecule has 1 fully saturated rings. The van der Waals surface area contributed by atoms with Gasteiger partial charge in [0.05, 0.1) is 12.9 Å². The number of carbonyl (C=O) groups is 1. The fraction of sp³-hybridized carbons (Fsp3) is 0.375. The lowest BCUT2D eigenvalue weighted by molar-refractivity contribution is 0.102. The van der Waals surface area contributed by atoms with Gasteiger partial charge in [0.1, 0.15) is 11.6 Å². The van der Waals surface area contributed by atoms with Crippen molar-refractivity contribution < 1.29 is 13.9 Å². The van der Waals surface area contributed by atoms with E-state index in [1.807, 2.05) is 24.3 Å². The van der Waals surface area contributed by atoms with Crippen LogP contribution in [0, 0.1) is 11.7 Å². The van der Waals surface area contributed by atoms with Gasteiger partial charge in [-0.15, -0.1) is 10.2 Å². The summed E-state index contributed by atoms with van der Waals surface area (Å²) < 4.78 is 20.7. The summed E-state index contributed by atoms with van der Waals surface area (Å²) in [4.78, 5) is 12.6. The Morgan fingerprint density at radius 2 is 1.81 bits per heavy atom. The third-order valence-electron chi connectivity index (χ3n) is 5.91. The van der Waals surface area contributed by atoms with Crippen molar-refractivity contribution in [2.75, 3.05) is 12.9 Å². The van der Waals surface area contributed by atoms with Crippen LogP contribution in [0.5, 0.6) is 5.75 Å². The maximum absolute atomic E-state index is 13.2. The molecule has 1 saturated carbocycles.